The lowest BCUT2D eigenvalue weighted by molar-refractivity contribution is 0.403. The van der Waals surface area contributed by atoms with Gasteiger partial charge in [0.1, 0.15) is 0 Å². The second-order valence-electron chi connectivity index (χ2n) is 2.34. The molecule has 1 heterocycles. The molecule has 1 atom stereocenters. The first-order valence-corrected chi connectivity index (χ1v) is 3.20. The summed E-state index contributed by atoms with van der Waals surface area (Å²) in [5, 5.41) is 3.19. The SMILES string of the molecule is FCCC1CCNC1. The third-order valence-electron chi connectivity index (χ3n) is 1.68. The maximum atomic E-state index is 11.6. The summed E-state index contributed by atoms with van der Waals surface area (Å²) in [5.41, 5.74) is 0. The minimum atomic E-state index is -0.146. The first-order chi connectivity index (χ1) is 3.93. The van der Waals surface area contributed by atoms with Crippen LogP contribution in [-0.4, -0.2) is 19.8 Å². The van der Waals surface area contributed by atoms with Crippen molar-refractivity contribution >= 4 is 0 Å². The van der Waals surface area contributed by atoms with Crippen LogP contribution in [0.4, 0.5) is 4.39 Å². The van der Waals surface area contributed by atoms with E-state index in [4.69, 9.17) is 0 Å². The van der Waals surface area contributed by atoms with Crippen LogP contribution in [0.15, 0.2) is 0 Å². The van der Waals surface area contributed by atoms with E-state index >= 15 is 0 Å². The average molecular weight is 117 g/mol. The Morgan fingerprint density at radius 3 is 3.00 bits per heavy atom. The lowest BCUT2D eigenvalue weighted by Crippen LogP contribution is -2.09. The van der Waals surface area contributed by atoms with Gasteiger partial charge in [0, 0.05) is 0 Å². The fourth-order valence-corrected chi connectivity index (χ4v) is 1.12. The predicted octanol–water partition coefficient (Wildman–Crippen LogP) is 0.956. The van der Waals surface area contributed by atoms with Crippen LogP contribution in [0.3, 0.4) is 0 Å². The molecule has 2 heteroatoms. The van der Waals surface area contributed by atoms with E-state index in [1.165, 1.54) is 6.42 Å². The Morgan fingerprint density at radius 2 is 2.50 bits per heavy atom. The number of alkyl halides is 1. The monoisotopic (exact) mass is 117 g/mol. The van der Waals surface area contributed by atoms with E-state index < -0.39 is 0 Å². The first kappa shape index (κ1) is 6.02. The molecule has 0 radical (unpaired) electrons. The number of rotatable bonds is 2. The minimum absolute atomic E-state index is 0.146. The molecule has 1 saturated heterocycles. The third-order valence-corrected chi connectivity index (χ3v) is 1.68. The second kappa shape index (κ2) is 3.02. The smallest absolute Gasteiger partial charge is 0.0897 e. The quantitative estimate of drug-likeness (QED) is 0.568. The summed E-state index contributed by atoms with van der Waals surface area (Å²) in [7, 11) is 0. The van der Waals surface area contributed by atoms with Crippen LogP contribution in [0.25, 0.3) is 0 Å². The highest BCUT2D eigenvalue weighted by atomic mass is 19.1. The fraction of sp³-hybridized carbons (Fsp3) is 1.00. The molecule has 0 amide bonds. The van der Waals surface area contributed by atoms with Crippen molar-refractivity contribution in [2.75, 3.05) is 19.8 Å². The topological polar surface area (TPSA) is 12.0 Å². The molecule has 0 aromatic carbocycles. The summed E-state index contributed by atoms with van der Waals surface area (Å²) in [6.45, 7) is 1.97. The Morgan fingerprint density at radius 1 is 1.62 bits per heavy atom. The molecule has 1 nitrogen and oxygen atoms in total. The van der Waals surface area contributed by atoms with E-state index in [2.05, 4.69) is 5.32 Å². The lowest BCUT2D eigenvalue weighted by Gasteiger charge is -2.00. The van der Waals surface area contributed by atoms with Gasteiger partial charge in [-0.1, -0.05) is 0 Å². The zero-order valence-corrected chi connectivity index (χ0v) is 4.99. The predicted molar refractivity (Wildman–Crippen MR) is 31.6 cm³/mol. The molecule has 48 valence electrons. The van der Waals surface area contributed by atoms with Crippen LogP contribution in [0.1, 0.15) is 12.8 Å². The van der Waals surface area contributed by atoms with E-state index in [0.29, 0.717) is 5.92 Å². The highest BCUT2D eigenvalue weighted by molar-refractivity contribution is 4.69. The fourth-order valence-electron chi connectivity index (χ4n) is 1.12. The summed E-state index contributed by atoms with van der Waals surface area (Å²) in [4.78, 5) is 0. The molecule has 1 unspecified atom stereocenters. The van der Waals surface area contributed by atoms with E-state index in [0.717, 1.165) is 19.5 Å². The van der Waals surface area contributed by atoms with E-state index in [1.54, 1.807) is 0 Å². The molecule has 1 fully saturated rings. The van der Waals surface area contributed by atoms with Crippen LogP contribution in [0, 0.1) is 5.92 Å². The standard InChI is InChI=1S/C6H12FN/c7-3-1-6-2-4-8-5-6/h6,8H,1-5H2. The minimum Gasteiger partial charge on any atom is -0.316 e. The van der Waals surface area contributed by atoms with Gasteiger partial charge < -0.3 is 5.32 Å². The molecule has 1 N–H and O–H groups in total. The maximum Gasteiger partial charge on any atom is 0.0897 e. The van der Waals surface area contributed by atoms with Crippen molar-refractivity contribution in [3.63, 3.8) is 0 Å². The van der Waals surface area contributed by atoms with E-state index in [1.807, 2.05) is 0 Å². The molecule has 0 aromatic rings. The molecule has 0 spiro atoms. The molecule has 1 aliphatic heterocycles. The van der Waals surface area contributed by atoms with Crippen molar-refractivity contribution in [1.82, 2.24) is 5.32 Å². The van der Waals surface area contributed by atoms with Crippen molar-refractivity contribution in [2.24, 2.45) is 5.92 Å². The van der Waals surface area contributed by atoms with Crippen molar-refractivity contribution in [3.05, 3.63) is 0 Å². The molecule has 1 rings (SSSR count). The van der Waals surface area contributed by atoms with Crippen molar-refractivity contribution in [1.29, 1.82) is 0 Å². The van der Waals surface area contributed by atoms with Crippen molar-refractivity contribution in [2.45, 2.75) is 12.8 Å². The molecule has 8 heavy (non-hydrogen) atoms. The van der Waals surface area contributed by atoms with Gasteiger partial charge in [0.2, 0.25) is 0 Å². The summed E-state index contributed by atoms with van der Waals surface area (Å²) in [5.74, 6) is 0.625. The van der Waals surface area contributed by atoms with Gasteiger partial charge in [-0.2, -0.15) is 0 Å². The summed E-state index contributed by atoms with van der Waals surface area (Å²) in [6.07, 6.45) is 1.93. The Bertz CT molecular complexity index is 59.5. The Kier molecular flexibility index (Phi) is 2.27. The number of halogens is 1. The van der Waals surface area contributed by atoms with Gasteiger partial charge >= 0.3 is 0 Å². The zero-order valence-electron chi connectivity index (χ0n) is 4.99. The summed E-state index contributed by atoms with van der Waals surface area (Å²) < 4.78 is 11.6. The van der Waals surface area contributed by atoms with Crippen LogP contribution in [-0.2, 0) is 0 Å². The molecule has 0 aliphatic carbocycles. The van der Waals surface area contributed by atoms with Gasteiger partial charge in [-0.3, -0.25) is 4.39 Å². The normalized spacial score (nSPS) is 28.9. The van der Waals surface area contributed by atoms with Gasteiger partial charge in [0.15, 0.2) is 0 Å². The molecular formula is C6H12FN. The molecule has 0 saturated carbocycles. The Balaban J connectivity index is 2.06. The highest BCUT2D eigenvalue weighted by Crippen LogP contribution is 2.11. The number of hydrogen-bond acceptors (Lipinski definition) is 1. The Hall–Kier alpha value is -0.110. The first-order valence-electron chi connectivity index (χ1n) is 3.20. The van der Waals surface area contributed by atoms with Crippen LogP contribution in [0.2, 0.25) is 0 Å². The van der Waals surface area contributed by atoms with Crippen LogP contribution >= 0.6 is 0 Å². The maximum absolute atomic E-state index is 11.6. The van der Waals surface area contributed by atoms with E-state index in [-0.39, 0.29) is 6.67 Å². The average Bonchev–Trinajstić information content (AvgIpc) is 2.19. The van der Waals surface area contributed by atoms with Crippen molar-refractivity contribution in [3.8, 4) is 0 Å². The van der Waals surface area contributed by atoms with Gasteiger partial charge in [-0.25, -0.2) is 0 Å². The largest absolute Gasteiger partial charge is 0.316 e. The van der Waals surface area contributed by atoms with Gasteiger partial charge in [0.25, 0.3) is 0 Å². The van der Waals surface area contributed by atoms with E-state index in [9.17, 15) is 4.39 Å². The third kappa shape index (κ3) is 1.44. The lowest BCUT2D eigenvalue weighted by atomic mass is 10.1. The summed E-state index contributed by atoms with van der Waals surface area (Å²) in [6, 6.07) is 0. The summed E-state index contributed by atoms with van der Waals surface area (Å²) >= 11 is 0. The van der Waals surface area contributed by atoms with Crippen molar-refractivity contribution < 1.29 is 4.39 Å². The molecule has 0 bridgehead atoms. The number of hydrogen-bond donors (Lipinski definition) is 1. The second-order valence-corrected chi connectivity index (χ2v) is 2.34. The van der Waals surface area contributed by atoms with Crippen LogP contribution < -0.4 is 5.32 Å². The van der Waals surface area contributed by atoms with Gasteiger partial charge in [-0.15, -0.1) is 0 Å². The van der Waals surface area contributed by atoms with Crippen LogP contribution in [0.5, 0.6) is 0 Å². The zero-order chi connectivity index (χ0) is 5.82. The molecular weight excluding hydrogens is 105 g/mol. The molecule has 1 aliphatic rings. The van der Waals surface area contributed by atoms with Gasteiger partial charge in [0.05, 0.1) is 6.67 Å². The van der Waals surface area contributed by atoms with Gasteiger partial charge in [-0.05, 0) is 31.8 Å². The Labute approximate surface area is 49.3 Å². The highest BCUT2D eigenvalue weighted by Gasteiger charge is 2.12. The number of nitrogens with one attached hydrogen (secondary N) is 1. The molecule has 0 aromatic heterocycles.